The van der Waals surface area contributed by atoms with Crippen molar-refractivity contribution in [1.82, 2.24) is 9.88 Å². The highest BCUT2D eigenvalue weighted by Crippen LogP contribution is 2.32. The molecule has 0 spiro atoms. The second-order valence-corrected chi connectivity index (χ2v) is 5.02. The number of rotatable bonds is 4. The smallest absolute Gasteiger partial charge is 0.268 e. The molecule has 0 unspecified atom stereocenters. The number of carbonyl (C=O) groups is 1. The minimum Gasteiger partial charge on any atom is -0.486 e. The van der Waals surface area contributed by atoms with Crippen LogP contribution in [-0.2, 0) is 0 Å². The van der Waals surface area contributed by atoms with Gasteiger partial charge in [0.15, 0.2) is 11.5 Å². The van der Waals surface area contributed by atoms with Gasteiger partial charge >= 0.3 is 0 Å². The molecule has 0 saturated carbocycles. The van der Waals surface area contributed by atoms with Crippen LogP contribution in [0.3, 0.4) is 0 Å². The van der Waals surface area contributed by atoms with Gasteiger partial charge < -0.3 is 19.4 Å². The van der Waals surface area contributed by atoms with Gasteiger partial charge in [0.25, 0.3) is 5.91 Å². The third-order valence-corrected chi connectivity index (χ3v) is 3.41. The summed E-state index contributed by atoms with van der Waals surface area (Å²) < 4.78 is 12.9. The van der Waals surface area contributed by atoms with E-state index in [4.69, 9.17) is 9.47 Å². The molecule has 0 radical (unpaired) electrons. The number of benzene rings is 1. The zero-order valence-electron chi connectivity index (χ0n) is 11.4. The zero-order valence-corrected chi connectivity index (χ0v) is 12.3. The van der Waals surface area contributed by atoms with E-state index in [1.807, 2.05) is 35.0 Å². The molecule has 0 bridgehead atoms. The number of nitrogens with zero attached hydrogens (tertiary/aromatic N) is 1. The summed E-state index contributed by atoms with van der Waals surface area (Å²) in [7, 11) is 0. The van der Waals surface area contributed by atoms with Crippen LogP contribution in [-0.4, -0.2) is 36.0 Å². The lowest BCUT2D eigenvalue weighted by Crippen LogP contribution is -2.27. The molecule has 0 aliphatic carbocycles. The highest BCUT2D eigenvalue weighted by molar-refractivity contribution is 7.80. The van der Waals surface area contributed by atoms with E-state index >= 15 is 0 Å². The molecule has 1 aliphatic heterocycles. The van der Waals surface area contributed by atoms with Gasteiger partial charge in [0.1, 0.15) is 18.9 Å². The number of hydrogen-bond acceptors (Lipinski definition) is 4. The number of ether oxygens (including phenoxy) is 2. The van der Waals surface area contributed by atoms with Crippen molar-refractivity contribution in [1.29, 1.82) is 0 Å². The maximum atomic E-state index is 12.1. The molecule has 110 valence electrons. The first-order valence-electron chi connectivity index (χ1n) is 6.76. The number of thiol groups is 1. The molecule has 1 N–H and O–H groups in total. The number of hydrogen-bond donors (Lipinski definition) is 2. The molecule has 3 rings (SSSR count). The van der Waals surface area contributed by atoms with Crippen LogP contribution < -0.4 is 14.8 Å². The molecule has 1 aromatic carbocycles. The highest BCUT2D eigenvalue weighted by atomic mass is 32.1. The fourth-order valence-electron chi connectivity index (χ4n) is 2.23. The van der Waals surface area contributed by atoms with Crippen LogP contribution in [0, 0.1) is 0 Å². The lowest BCUT2D eigenvalue weighted by Gasteiger charge is -2.19. The molecule has 21 heavy (non-hydrogen) atoms. The molecule has 2 heterocycles. The molecule has 1 aliphatic rings. The summed E-state index contributed by atoms with van der Waals surface area (Å²) in [5, 5.41) is 2.82. The summed E-state index contributed by atoms with van der Waals surface area (Å²) in [6, 6.07) is 9.27. The third kappa shape index (κ3) is 2.85. The molecule has 0 atom stereocenters. The maximum absolute atomic E-state index is 12.1. The minimum absolute atomic E-state index is 0.121. The van der Waals surface area contributed by atoms with Crippen LogP contribution in [0.15, 0.2) is 36.5 Å². The van der Waals surface area contributed by atoms with Gasteiger partial charge in [0.05, 0.1) is 0 Å². The summed E-state index contributed by atoms with van der Waals surface area (Å²) >= 11 is 4.09. The van der Waals surface area contributed by atoms with Gasteiger partial charge in [-0.05, 0) is 24.3 Å². The Balaban J connectivity index is 1.91. The molecule has 1 aromatic heterocycles. The van der Waals surface area contributed by atoms with Crippen LogP contribution in [0.2, 0.25) is 0 Å². The van der Waals surface area contributed by atoms with E-state index in [2.05, 4.69) is 17.9 Å². The zero-order chi connectivity index (χ0) is 14.7. The largest absolute Gasteiger partial charge is 0.486 e. The van der Waals surface area contributed by atoms with Crippen molar-refractivity contribution < 1.29 is 14.3 Å². The Morgan fingerprint density at radius 3 is 2.86 bits per heavy atom. The Morgan fingerprint density at radius 1 is 1.24 bits per heavy atom. The Hall–Kier alpha value is -2.08. The Labute approximate surface area is 128 Å². The predicted molar refractivity (Wildman–Crippen MR) is 82.9 cm³/mol. The SMILES string of the molecule is O=C(NCCS)c1cccn1-c1ccc2c(c1)OCCO2. The van der Waals surface area contributed by atoms with Gasteiger partial charge in [-0.3, -0.25) is 4.79 Å². The number of fused-ring (bicyclic) bond motifs is 1. The van der Waals surface area contributed by atoms with Crippen molar-refractivity contribution in [2.75, 3.05) is 25.5 Å². The van der Waals surface area contributed by atoms with Crippen LogP contribution >= 0.6 is 12.6 Å². The monoisotopic (exact) mass is 304 g/mol. The first-order valence-corrected chi connectivity index (χ1v) is 7.39. The highest BCUT2D eigenvalue weighted by Gasteiger charge is 2.15. The first-order chi connectivity index (χ1) is 10.3. The molecule has 5 nitrogen and oxygen atoms in total. The van der Waals surface area contributed by atoms with Crippen molar-refractivity contribution in [2.45, 2.75) is 0 Å². The number of nitrogens with one attached hydrogen (secondary N) is 1. The van der Waals surface area contributed by atoms with Gasteiger partial charge in [-0.1, -0.05) is 0 Å². The van der Waals surface area contributed by atoms with Crippen molar-refractivity contribution >= 4 is 18.5 Å². The standard InChI is InChI=1S/C15H16N2O3S/c18-15(16-5-9-21)12-2-1-6-17(12)11-3-4-13-14(10-11)20-8-7-19-13/h1-4,6,10,21H,5,7-9H2,(H,16,18). The van der Waals surface area contributed by atoms with Crippen molar-refractivity contribution in [3.63, 3.8) is 0 Å². The number of carbonyl (C=O) groups excluding carboxylic acids is 1. The number of amides is 1. The third-order valence-electron chi connectivity index (χ3n) is 3.18. The van der Waals surface area contributed by atoms with Crippen molar-refractivity contribution in [2.24, 2.45) is 0 Å². The average Bonchev–Trinajstić information content (AvgIpc) is 3.01. The van der Waals surface area contributed by atoms with E-state index < -0.39 is 0 Å². The van der Waals surface area contributed by atoms with E-state index in [-0.39, 0.29) is 5.91 Å². The van der Waals surface area contributed by atoms with Gasteiger partial charge in [0.2, 0.25) is 0 Å². The molecule has 1 amide bonds. The normalized spacial score (nSPS) is 13.0. The summed E-state index contributed by atoms with van der Waals surface area (Å²) in [4.78, 5) is 12.1. The van der Waals surface area contributed by atoms with Gasteiger partial charge in [-0.2, -0.15) is 12.6 Å². The predicted octanol–water partition coefficient (Wildman–Crippen LogP) is 1.91. The fraction of sp³-hybridized carbons (Fsp3) is 0.267. The van der Waals surface area contributed by atoms with Crippen LogP contribution in [0.5, 0.6) is 11.5 Å². The second-order valence-electron chi connectivity index (χ2n) is 4.57. The fourth-order valence-corrected chi connectivity index (χ4v) is 2.34. The quantitative estimate of drug-likeness (QED) is 0.848. The summed E-state index contributed by atoms with van der Waals surface area (Å²) in [5.74, 6) is 1.92. The van der Waals surface area contributed by atoms with Gasteiger partial charge in [-0.15, -0.1) is 0 Å². The van der Waals surface area contributed by atoms with Crippen LogP contribution in [0.4, 0.5) is 0 Å². The molecule has 6 heteroatoms. The van der Waals surface area contributed by atoms with Gasteiger partial charge in [-0.25, -0.2) is 0 Å². The summed E-state index contributed by atoms with van der Waals surface area (Å²) in [6.45, 7) is 1.64. The topological polar surface area (TPSA) is 52.5 Å². The molecular weight excluding hydrogens is 288 g/mol. The lowest BCUT2D eigenvalue weighted by molar-refractivity contribution is 0.0949. The first kappa shape index (κ1) is 13.9. The van der Waals surface area contributed by atoms with Crippen molar-refractivity contribution in [3.8, 4) is 17.2 Å². The lowest BCUT2D eigenvalue weighted by atomic mass is 10.2. The Bertz CT molecular complexity index is 654. The molecule has 2 aromatic rings. The number of aromatic nitrogens is 1. The van der Waals surface area contributed by atoms with E-state index in [0.29, 0.717) is 37.0 Å². The van der Waals surface area contributed by atoms with E-state index in [0.717, 1.165) is 11.4 Å². The average molecular weight is 304 g/mol. The Kier molecular flexibility index (Phi) is 4.06. The molecule has 0 fully saturated rings. The van der Waals surface area contributed by atoms with E-state index in [1.54, 1.807) is 6.07 Å². The maximum Gasteiger partial charge on any atom is 0.268 e. The molecule has 0 saturated heterocycles. The summed E-state index contributed by atoms with van der Waals surface area (Å²) in [6.07, 6.45) is 1.85. The van der Waals surface area contributed by atoms with Crippen LogP contribution in [0.1, 0.15) is 10.5 Å². The molecular formula is C15H16N2O3S. The van der Waals surface area contributed by atoms with E-state index in [9.17, 15) is 4.79 Å². The van der Waals surface area contributed by atoms with Crippen LogP contribution in [0.25, 0.3) is 5.69 Å². The Morgan fingerprint density at radius 2 is 2.05 bits per heavy atom. The van der Waals surface area contributed by atoms with E-state index in [1.165, 1.54) is 0 Å². The minimum atomic E-state index is -0.121. The van der Waals surface area contributed by atoms with Crippen molar-refractivity contribution in [3.05, 3.63) is 42.2 Å². The van der Waals surface area contributed by atoms with Gasteiger partial charge in [0, 0.05) is 30.2 Å². The summed E-state index contributed by atoms with van der Waals surface area (Å²) in [5.41, 5.74) is 1.44. The second kappa shape index (κ2) is 6.13.